The van der Waals surface area contributed by atoms with Crippen LogP contribution in [0.1, 0.15) is 5.56 Å². The molecule has 3 aromatic rings. The van der Waals surface area contributed by atoms with Crippen LogP contribution in [0.4, 0.5) is 5.82 Å². The first-order valence-corrected chi connectivity index (χ1v) is 8.99. The van der Waals surface area contributed by atoms with E-state index in [9.17, 15) is 8.42 Å². The summed E-state index contributed by atoms with van der Waals surface area (Å²) in [5, 5.41) is 4.21. The van der Waals surface area contributed by atoms with Gasteiger partial charge in [0.25, 0.3) is 0 Å². The minimum Gasteiger partial charge on any atom is -0.365 e. The first-order chi connectivity index (χ1) is 10.9. The molecule has 0 spiro atoms. The molecule has 0 aliphatic carbocycles. The molecule has 1 N–H and O–H groups in total. The van der Waals surface area contributed by atoms with Crippen molar-refractivity contribution in [1.82, 2.24) is 15.0 Å². The van der Waals surface area contributed by atoms with Crippen LogP contribution in [0.2, 0.25) is 5.02 Å². The number of anilines is 1. The summed E-state index contributed by atoms with van der Waals surface area (Å²) >= 11 is 6.05. The van der Waals surface area contributed by atoms with E-state index >= 15 is 0 Å². The van der Waals surface area contributed by atoms with Crippen LogP contribution in [0.5, 0.6) is 0 Å². The Morgan fingerprint density at radius 2 is 2.04 bits per heavy atom. The molecule has 0 bridgehead atoms. The fourth-order valence-corrected chi connectivity index (χ4v) is 3.53. The summed E-state index contributed by atoms with van der Waals surface area (Å²) in [5.74, 6) is 0.659. The monoisotopic (exact) mass is 348 g/mol. The molecule has 3 rings (SSSR count). The molecule has 0 radical (unpaired) electrons. The second-order valence-electron chi connectivity index (χ2n) is 5.01. The lowest BCUT2D eigenvalue weighted by Gasteiger charge is -2.09. The number of halogens is 1. The van der Waals surface area contributed by atoms with E-state index in [2.05, 4.69) is 20.3 Å². The van der Waals surface area contributed by atoms with Crippen molar-refractivity contribution in [1.29, 1.82) is 0 Å². The molecule has 0 fully saturated rings. The van der Waals surface area contributed by atoms with Gasteiger partial charge in [-0.05, 0) is 23.8 Å². The second-order valence-corrected chi connectivity index (χ2v) is 7.40. The molecule has 6 nitrogen and oxygen atoms in total. The highest BCUT2D eigenvalue weighted by atomic mass is 35.5. The Bertz CT molecular complexity index is 971. The summed E-state index contributed by atoms with van der Waals surface area (Å²) in [4.78, 5) is 12.6. The lowest BCUT2D eigenvalue weighted by Crippen LogP contribution is -2.04. The summed E-state index contributed by atoms with van der Waals surface area (Å²) in [6.07, 6.45) is 5.97. The average molecular weight is 349 g/mol. The van der Waals surface area contributed by atoms with Gasteiger partial charge in [0, 0.05) is 25.2 Å². The van der Waals surface area contributed by atoms with Gasteiger partial charge in [-0.25, -0.2) is 18.4 Å². The van der Waals surface area contributed by atoms with Gasteiger partial charge in [0.1, 0.15) is 12.1 Å². The van der Waals surface area contributed by atoms with Crippen LogP contribution in [0.3, 0.4) is 0 Å². The summed E-state index contributed by atoms with van der Waals surface area (Å²) in [5.41, 5.74) is 1.64. The maximum Gasteiger partial charge on any atom is 0.176 e. The van der Waals surface area contributed by atoms with Crippen molar-refractivity contribution < 1.29 is 8.42 Å². The van der Waals surface area contributed by atoms with Gasteiger partial charge in [0.15, 0.2) is 9.84 Å². The van der Waals surface area contributed by atoms with Crippen molar-refractivity contribution in [3.63, 3.8) is 0 Å². The van der Waals surface area contributed by atoms with Crippen molar-refractivity contribution in [3.05, 3.63) is 53.6 Å². The highest BCUT2D eigenvalue weighted by Gasteiger charge is 2.12. The standard InChI is InChI=1S/C15H13ClN4O2S/c1-23(21,22)14-3-2-10(6-12(14)16)7-18-15-11-8-17-5-4-13(11)19-9-20-15/h2-6,8-9H,7H2,1H3,(H,18,19,20). The maximum absolute atomic E-state index is 11.6. The normalized spacial score (nSPS) is 11.6. The largest absolute Gasteiger partial charge is 0.365 e. The minimum absolute atomic E-state index is 0.125. The zero-order valence-corrected chi connectivity index (χ0v) is 13.8. The van der Waals surface area contributed by atoms with Crippen LogP contribution in [0.15, 0.2) is 47.9 Å². The summed E-state index contributed by atoms with van der Waals surface area (Å²) in [7, 11) is -3.33. The van der Waals surface area contributed by atoms with E-state index in [0.29, 0.717) is 12.4 Å². The van der Waals surface area contributed by atoms with Gasteiger partial charge in [-0.15, -0.1) is 0 Å². The number of aromatic nitrogens is 3. The summed E-state index contributed by atoms with van der Waals surface area (Å²) < 4.78 is 23.1. The molecule has 2 heterocycles. The molecule has 1 aromatic carbocycles. The second kappa shape index (κ2) is 6.10. The fourth-order valence-electron chi connectivity index (χ4n) is 2.18. The predicted octanol–water partition coefficient (Wildman–Crippen LogP) is 2.69. The molecule has 0 saturated carbocycles. The Hall–Kier alpha value is -2.25. The highest BCUT2D eigenvalue weighted by Crippen LogP contribution is 2.23. The Morgan fingerprint density at radius 3 is 2.78 bits per heavy atom. The van der Waals surface area contributed by atoms with Crippen LogP contribution < -0.4 is 5.32 Å². The number of nitrogens with zero attached hydrogens (tertiary/aromatic N) is 3. The van der Waals surface area contributed by atoms with E-state index in [4.69, 9.17) is 11.6 Å². The van der Waals surface area contributed by atoms with E-state index < -0.39 is 9.84 Å². The van der Waals surface area contributed by atoms with Crippen molar-refractivity contribution in [3.8, 4) is 0 Å². The predicted molar refractivity (Wildman–Crippen MR) is 89.2 cm³/mol. The SMILES string of the molecule is CS(=O)(=O)c1ccc(CNc2ncnc3ccncc23)cc1Cl. The van der Waals surface area contributed by atoms with Gasteiger partial charge >= 0.3 is 0 Å². The first-order valence-electron chi connectivity index (χ1n) is 6.72. The third kappa shape index (κ3) is 3.40. The number of sulfone groups is 1. The number of hydrogen-bond acceptors (Lipinski definition) is 6. The third-order valence-electron chi connectivity index (χ3n) is 3.29. The molecule has 8 heteroatoms. The number of benzene rings is 1. The van der Waals surface area contributed by atoms with E-state index in [1.807, 2.05) is 0 Å². The lowest BCUT2D eigenvalue weighted by molar-refractivity contribution is 0.602. The van der Waals surface area contributed by atoms with E-state index in [0.717, 1.165) is 22.7 Å². The zero-order valence-electron chi connectivity index (χ0n) is 12.2. The molecular formula is C15H13ClN4O2S. The third-order valence-corrected chi connectivity index (χ3v) is 4.87. The van der Waals surface area contributed by atoms with Gasteiger partial charge in [-0.3, -0.25) is 4.98 Å². The van der Waals surface area contributed by atoms with Gasteiger partial charge in [0.2, 0.25) is 0 Å². The molecule has 2 aromatic heterocycles. The lowest BCUT2D eigenvalue weighted by atomic mass is 10.2. The van der Waals surface area contributed by atoms with Crippen molar-refractivity contribution >= 4 is 38.2 Å². The Balaban J connectivity index is 1.84. The van der Waals surface area contributed by atoms with Crippen LogP contribution in [-0.2, 0) is 16.4 Å². The molecule has 118 valence electrons. The van der Waals surface area contributed by atoms with E-state index in [1.165, 1.54) is 12.4 Å². The summed E-state index contributed by atoms with van der Waals surface area (Å²) in [6.45, 7) is 0.449. The molecular weight excluding hydrogens is 336 g/mol. The van der Waals surface area contributed by atoms with Crippen LogP contribution >= 0.6 is 11.6 Å². The van der Waals surface area contributed by atoms with Crippen LogP contribution in [0, 0.1) is 0 Å². The molecule has 0 atom stereocenters. The van der Waals surface area contributed by atoms with Crippen molar-refractivity contribution in [2.24, 2.45) is 0 Å². The molecule has 0 aliphatic rings. The number of pyridine rings is 1. The number of hydrogen-bond donors (Lipinski definition) is 1. The van der Waals surface area contributed by atoms with Gasteiger partial charge < -0.3 is 5.32 Å². The zero-order chi connectivity index (χ0) is 16.4. The fraction of sp³-hybridized carbons (Fsp3) is 0.133. The van der Waals surface area contributed by atoms with E-state index in [1.54, 1.807) is 30.6 Å². The summed E-state index contributed by atoms with van der Waals surface area (Å²) in [6, 6.07) is 6.66. The molecule has 0 amide bonds. The van der Waals surface area contributed by atoms with Crippen molar-refractivity contribution in [2.45, 2.75) is 11.4 Å². The van der Waals surface area contributed by atoms with Crippen molar-refractivity contribution in [2.75, 3.05) is 11.6 Å². The molecule has 23 heavy (non-hydrogen) atoms. The molecule has 0 saturated heterocycles. The maximum atomic E-state index is 11.6. The average Bonchev–Trinajstić information content (AvgIpc) is 2.51. The number of nitrogens with one attached hydrogen (secondary N) is 1. The van der Waals surface area contributed by atoms with Gasteiger partial charge in [-0.1, -0.05) is 17.7 Å². The highest BCUT2D eigenvalue weighted by molar-refractivity contribution is 7.90. The van der Waals surface area contributed by atoms with Gasteiger partial charge in [0.05, 0.1) is 20.8 Å². The molecule has 0 aliphatic heterocycles. The topological polar surface area (TPSA) is 84.8 Å². The Morgan fingerprint density at radius 1 is 1.22 bits per heavy atom. The Kier molecular flexibility index (Phi) is 4.14. The smallest absolute Gasteiger partial charge is 0.176 e. The van der Waals surface area contributed by atoms with Crippen LogP contribution in [-0.4, -0.2) is 29.6 Å². The number of rotatable bonds is 4. The minimum atomic E-state index is -3.33. The quantitative estimate of drug-likeness (QED) is 0.780. The van der Waals surface area contributed by atoms with Crippen LogP contribution in [0.25, 0.3) is 10.9 Å². The van der Waals surface area contributed by atoms with Gasteiger partial charge in [-0.2, -0.15) is 0 Å². The van der Waals surface area contributed by atoms with E-state index in [-0.39, 0.29) is 9.92 Å². The number of fused-ring (bicyclic) bond motifs is 1. The molecule has 0 unspecified atom stereocenters. The Labute approximate surface area is 138 Å². The first kappa shape index (κ1) is 15.6.